The summed E-state index contributed by atoms with van der Waals surface area (Å²) < 4.78 is 1.88. The molecule has 1 aliphatic heterocycles. The van der Waals surface area contributed by atoms with Crippen molar-refractivity contribution in [3.8, 4) is 5.69 Å². The summed E-state index contributed by atoms with van der Waals surface area (Å²) in [5, 5.41) is 7.64. The number of carbonyl (C=O) groups excluding carboxylic acids is 1. The summed E-state index contributed by atoms with van der Waals surface area (Å²) in [7, 11) is 0. The van der Waals surface area contributed by atoms with E-state index >= 15 is 0 Å². The molecule has 0 bridgehead atoms. The number of aromatic nitrogens is 2. The van der Waals surface area contributed by atoms with Crippen LogP contribution in [0.2, 0.25) is 0 Å². The number of hydrogen-bond acceptors (Lipinski definition) is 3. The third-order valence-corrected chi connectivity index (χ3v) is 4.80. The Kier molecular flexibility index (Phi) is 5.00. The monoisotopic (exact) mass is 326 g/mol. The van der Waals surface area contributed by atoms with Crippen molar-refractivity contribution in [2.45, 2.75) is 33.6 Å². The van der Waals surface area contributed by atoms with Gasteiger partial charge in [0, 0.05) is 0 Å². The number of hydrogen-bond donors (Lipinski definition) is 1. The lowest BCUT2D eigenvalue weighted by Crippen LogP contribution is -2.38. The van der Waals surface area contributed by atoms with E-state index in [1.807, 2.05) is 48.9 Å². The molecule has 0 aliphatic carbocycles. The van der Waals surface area contributed by atoms with E-state index < -0.39 is 0 Å². The maximum absolute atomic E-state index is 12.4. The molecule has 1 amide bonds. The van der Waals surface area contributed by atoms with Crippen molar-refractivity contribution < 1.29 is 4.79 Å². The zero-order valence-corrected chi connectivity index (χ0v) is 14.7. The van der Waals surface area contributed by atoms with Crippen LogP contribution in [-0.2, 0) is 4.79 Å². The van der Waals surface area contributed by atoms with E-state index in [4.69, 9.17) is 0 Å². The molecule has 1 aromatic heterocycles. The minimum absolute atomic E-state index is 0.0448. The number of carbonyl (C=O) groups is 1. The van der Waals surface area contributed by atoms with Gasteiger partial charge in [0.1, 0.15) is 0 Å². The number of aryl methyl sites for hydroxylation is 1. The summed E-state index contributed by atoms with van der Waals surface area (Å²) in [5.74, 6) is 0.821. The van der Waals surface area contributed by atoms with Crippen LogP contribution < -0.4 is 5.32 Å². The molecule has 2 heterocycles. The van der Waals surface area contributed by atoms with E-state index in [9.17, 15) is 4.79 Å². The highest BCUT2D eigenvalue weighted by molar-refractivity contribution is 5.93. The predicted molar refractivity (Wildman–Crippen MR) is 96.5 cm³/mol. The van der Waals surface area contributed by atoms with Gasteiger partial charge >= 0.3 is 0 Å². The molecule has 0 atom stereocenters. The Hall–Kier alpha value is -2.14. The van der Waals surface area contributed by atoms with Gasteiger partial charge in [-0.3, -0.25) is 9.69 Å². The van der Waals surface area contributed by atoms with Crippen molar-refractivity contribution >= 4 is 11.6 Å². The fourth-order valence-corrected chi connectivity index (χ4v) is 3.25. The number of likely N-dealkylation sites (tertiary alicyclic amines) is 1. The van der Waals surface area contributed by atoms with E-state index in [0.717, 1.165) is 41.8 Å². The Bertz CT molecular complexity index is 700. The second-order valence-electron chi connectivity index (χ2n) is 6.80. The molecule has 2 aromatic rings. The summed E-state index contributed by atoms with van der Waals surface area (Å²) in [6.07, 6.45) is 2.36. The molecule has 0 unspecified atom stereocenters. The zero-order valence-electron chi connectivity index (χ0n) is 14.7. The minimum atomic E-state index is 0.0448. The molecule has 1 aromatic carbocycles. The first-order chi connectivity index (χ1) is 11.5. The molecule has 0 spiro atoms. The molecular formula is C19H26N4O. The molecule has 1 N–H and O–H groups in total. The van der Waals surface area contributed by atoms with Crippen molar-refractivity contribution in [3.63, 3.8) is 0 Å². The predicted octanol–water partition coefficient (Wildman–Crippen LogP) is 3.16. The van der Waals surface area contributed by atoms with Gasteiger partial charge in [-0.2, -0.15) is 5.10 Å². The van der Waals surface area contributed by atoms with Crippen molar-refractivity contribution in [1.29, 1.82) is 0 Å². The highest BCUT2D eigenvalue weighted by Crippen LogP contribution is 2.23. The highest BCUT2D eigenvalue weighted by Gasteiger charge is 2.20. The van der Waals surface area contributed by atoms with Crippen LogP contribution in [0.5, 0.6) is 0 Å². The van der Waals surface area contributed by atoms with Crippen LogP contribution in [0.3, 0.4) is 0 Å². The van der Waals surface area contributed by atoms with Gasteiger partial charge in [0.15, 0.2) is 0 Å². The number of nitrogens with zero attached hydrogens (tertiary/aromatic N) is 3. The summed E-state index contributed by atoms with van der Waals surface area (Å²) in [6.45, 7) is 8.69. The normalized spacial score (nSPS) is 16.3. The fourth-order valence-electron chi connectivity index (χ4n) is 3.25. The lowest BCUT2D eigenvalue weighted by atomic mass is 9.99. The van der Waals surface area contributed by atoms with Gasteiger partial charge in [-0.1, -0.05) is 25.1 Å². The molecule has 1 saturated heterocycles. The molecule has 1 fully saturated rings. The third-order valence-electron chi connectivity index (χ3n) is 4.80. The van der Waals surface area contributed by atoms with Crippen LogP contribution in [0.25, 0.3) is 5.69 Å². The lowest BCUT2D eigenvalue weighted by molar-refractivity contribution is -0.117. The molecule has 1 aliphatic rings. The topological polar surface area (TPSA) is 50.2 Å². The van der Waals surface area contributed by atoms with Crippen molar-refractivity contribution in [1.82, 2.24) is 14.7 Å². The Balaban J connectivity index is 1.69. The zero-order chi connectivity index (χ0) is 17.1. The Morgan fingerprint density at radius 2 is 1.88 bits per heavy atom. The van der Waals surface area contributed by atoms with Crippen molar-refractivity contribution in [3.05, 3.63) is 41.7 Å². The quantitative estimate of drug-likeness (QED) is 0.939. The molecule has 3 rings (SSSR count). The van der Waals surface area contributed by atoms with Crippen molar-refractivity contribution in [2.24, 2.45) is 5.92 Å². The van der Waals surface area contributed by atoms with E-state index in [-0.39, 0.29) is 5.91 Å². The highest BCUT2D eigenvalue weighted by atomic mass is 16.2. The van der Waals surface area contributed by atoms with Crippen LogP contribution in [0.1, 0.15) is 31.2 Å². The number of benzene rings is 1. The SMILES string of the molecule is Cc1nn(-c2ccccc2)c(C)c1NC(=O)CN1CCC(C)CC1. The Morgan fingerprint density at radius 3 is 2.54 bits per heavy atom. The maximum atomic E-state index is 12.4. The average Bonchev–Trinajstić information content (AvgIpc) is 2.86. The minimum Gasteiger partial charge on any atom is -0.322 e. The van der Waals surface area contributed by atoms with E-state index in [0.29, 0.717) is 6.54 Å². The number of nitrogens with one attached hydrogen (secondary N) is 1. The third kappa shape index (κ3) is 3.67. The van der Waals surface area contributed by atoms with E-state index in [1.165, 1.54) is 12.8 Å². The van der Waals surface area contributed by atoms with E-state index in [1.54, 1.807) is 0 Å². The second-order valence-corrected chi connectivity index (χ2v) is 6.80. The standard InChI is InChI=1S/C19H26N4O/c1-14-9-11-22(12-10-14)13-18(24)20-19-15(2)21-23(16(19)3)17-7-5-4-6-8-17/h4-8,14H,9-13H2,1-3H3,(H,20,24). The average molecular weight is 326 g/mol. The largest absolute Gasteiger partial charge is 0.322 e. The first-order valence-electron chi connectivity index (χ1n) is 8.68. The molecule has 24 heavy (non-hydrogen) atoms. The van der Waals surface area contributed by atoms with Gasteiger partial charge in [0.2, 0.25) is 5.91 Å². The summed E-state index contributed by atoms with van der Waals surface area (Å²) in [6, 6.07) is 9.99. The molecule has 128 valence electrons. The lowest BCUT2D eigenvalue weighted by Gasteiger charge is -2.29. The number of para-hydroxylation sites is 1. The number of amides is 1. The van der Waals surface area contributed by atoms with Crippen LogP contribution in [0.4, 0.5) is 5.69 Å². The summed E-state index contributed by atoms with van der Waals surface area (Å²) in [4.78, 5) is 14.7. The molecule has 5 heteroatoms. The summed E-state index contributed by atoms with van der Waals surface area (Å²) >= 11 is 0. The number of anilines is 1. The summed E-state index contributed by atoms with van der Waals surface area (Å²) in [5.41, 5.74) is 3.63. The smallest absolute Gasteiger partial charge is 0.238 e. The van der Waals surface area contributed by atoms with Gasteiger partial charge in [-0.05, 0) is 57.8 Å². The molecular weight excluding hydrogens is 300 g/mol. The van der Waals surface area contributed by atoms with Gasteiger partial charge in [-0.15, -0.1) is 0 Å². The Labute approximate surface area is 143 Å². The van der Waals surface area contributed by atoms with Crippen LogP contribution in [0, 0.1) is 19.8 Å². The fraction of sp³-hybridized carbons (Fsp3) is 0.474. The molecule has 0 saturated carbocycles. The first-order valence-corrected chi connectivity index (χ1v) is 8.68. The van der Waals surface area contributed by atoms with Crippen molar-refractivity contribution in [2.75, 3.05) is 25.0 Å². The van der Waals surface area contributed by atoms with Gasteiger partial charge in [0.25, 0.3) is 0 Å². The molecule has 0 radical (unpaired) electrons. The van der Waals surface area contributed by atoms with Gasteiger partial charge < -0.3 is 5.32 Å². The maximum Gasteiger partial charge on any atom is 0.238 e. The Morgan fingerprint density at radius 1 is 1.21 bits per heavy atom. The van der Waals surface area contributed by atoms with Crippen LogP contribution in [0.15, 0.2) is 30.3 Å². The second kappa shape index (κ2) is 7.18. The van der Waals surface area contributed by atoms with Gasteiger partial charge in [0.05, 0.1) is 29.3 Å². The van der Waals surface area contributed by atoms with E-state index in [2.05, 4.69) is 22.2 Å². The number of rotatable bonds is 4. The van der Waals surface area contributed by atoms with Gasteiger partial charge in [-0.25, -0.2) is 4.68 Å². The number of piperidine rings is 1. The van der Waals surface area contributed by atoms with Crippen LogP contribution in [-0.4, -0.2) is 40.2 Å². The first kappa shape index (κ1) is 16.7. The molecule has 5 nitrogen and oxygen atoms in total. The van der Waals surface area contributed by atoms with Crippen LogP contribution >= 0.6 is 0 Å².